The van der Waals surface area contributed by atoms with Gasteiger partial charge in [-0.25, -0.2) is 4.79 Å². The molecule has 1 aliphatic rings. The van der Waals surface area contributed by atoms with Crippen molar-refractivity contribution in [3.05, 3.63) is 71.8 Å². The lowest BCUT2D eigenvalue weighted by Gasteiger charge is -2.19. The Balaban J connectivity index is 2.07. The van der Waals surface area contributed by atoms with Crippen LogP contribution in [0, 0.1) is 5.92 Å². The van der Waals surface area contributed by atoms with E-state index in [1.807, 2.05) is 36.4 Å². The maximum atomic E-state index is 10.9. The Morgan fingerprint density at radius 2 is 1.62 bits per heavy atom. The lowest BCUT2D eigenvalue weighted by Crippen LogP contribution is -2.12. The number of allylic oxidation sites excluding steroid dienone is 1. The third-order valence-electron chi connectivity index (χ3n) is 4.66. The van der Waals surface area contributed by atoms with E-state index in [4.69, 9.17) is 14.6 Å². The molecular formula is C20H20O4. The number of methoxy groups -OCH3 is 2. The Hall–Kier alpha value is -2.75. The van der Waals surface area contributed by atoms with Gasteiger partial charge >= 0.3 is 5.97 Å². The summed E-state index contributed by atoms with van der Waals surface area (Å²) in [6.07, 6.45) is 3.87. The van der Waals surface area contributed by atoms with E-state index in [2.05, 4.69) is 12.1 Å². The van der Waals surface area contributed by atoms with E-state index in [9.17, 15) is 4.79 Å². The quantitative estimate of drug-likeness (QED) is 0.824. The number of carboxylic acids is 1. The molecule has 1 aliphatic carbocycles. The van der Waals surface area contributed by atoms with Crippen molar-refractivity contribution in [2.45, 2.75) is 11.8 Å². The summed E-state index contributed by atoms with van der Waals surface area (Å²) < 4.78 is 10.7. The predicted octanol–water partition coefficient (Wildman–Crippen LogP) is 3.65. The van der Waals surface area contributed by atoms with Gasteiger partial charge in [0.25, 0.3) is 0 Å². The number of rotatable bonds is 6. The van der Waals surface area contributed by atoms with Crippen molar-refractivity contribution in [2.24, 2.45) is 5.92 Å². The molecule has 0 spiro atoms. The molecule has 1 N–H and O–H groups in total. The van der Waals surface area contributed by atoms with Gasteiger partial charge in [0.15, 0.2) is 0 Å². The van der Waals surface area contributed by atoms with Crippen LogP contribution in [-0.2, 0) is 10.2 Å². The fourth-order valence-electron chi connectivity index (χ4n) is 3.35. The van der Waals surface area contributed by atoms with Crippen LogP contribution in [0.4, 0.5) is 0 Å². The highest BCUT2D eigenvalue weighted by Crippen LogP contribution is 2.60. The highest BCUT2D eigenvalue weighted by atomic mass is 16.5. The molecule has 0 aliphatic heterocycles. The van der Waals surface area contributed by atoms with Crippen molar-refractivity contribution >= 4 is 5.97 Å². The van der Waals surface area contributed by atoms with Gasteiger partial charge in [0.05, 0.1) is 14.2 Å². The van der Waals surface area contributed by atoms with Crippen molar-refractivity contribution in [3.8, 4) is 11.5 Å². The molecule has 24 heavy (non-hydrogen) atoms. The standard InChI is InChI=1S/C20H20O4/c1-23-17-7-3-5-14(11-17)20(13-16(20)9-10-19(21)22)15-6-4-8-18(12-15)24-2/h3-12,16H,13H2,1-2H3,(H,21,22)/b10-9+/t16-/m1/s1. The summed E-state index contributed by atoms with van der Waals surface area (Å²) in [5.41, 5.74) is 2.00. The number of ether oxygens (including phenoxy) is 2. The maximum Gasteiger partial charge on any atom is 0.327 e. The first-order valence-electron chi connectivity index (χ1n) is 7.80. The molecule has 0 aromatic heterocycles. The number of hydrogen-bond acceptors (Lipinski definition) is 3. The zero-order valence-corrected chi connectivity index (χ0v) is 13.7. The van der Waals surface area contributed by atoms with Gasteiger partial charge < -0.3 is 14.6 Å². The Morgan fingerprint density at radius 3 is 2.08 bits per heavy atom. The second-order valence-corrected chi connectivity index (χ2v) is 5.94. The second-order valence-electron chi connectivity index (χ2n) is 5.94. The summed E-state index contributed by atoms with van der Waals surface area (Å²) in [6.45, 7) is 0. The largest absolute Gasteiger partial charge is 0.497 e. The minimum absolute atomic E-state index is 0.132. The monoisotopic (exact) mass is 324 g/mol. The minimum atomic E-state index is -0.924. The average molecular weight is 324 g/mol. The first-order valence-corrected chi connectivity index (χ1v) is 7.80. The highest BCUT2D eigenvalue weighted by molar-refractivity contribution is 5.80. The highest BCUT2D eigenvalue weighted by Gasteiger charge is 2.55. The van der Waals surface area contributed by atoms with E-state index >= 15 is 0 Å². The van der Waals surface area contributed by atoms with Crippen molar-refractivity contribution in [3.63, 3.8) is 0 Å². The molecule has 1 fully saturated rings. The number of carboxylic acid groups (broad SMARTS) is 1. The van der Waals surface area contributed by atoms with Crippen LogP contribution in [0.1, 0.15) is 17.5 Å². The van der Waals surface area contributed by atoms with E-state index in [1.54, 1.807) is 20.3 Å². The molecule has 1 atom stereocenters. The van der Waals surface area contributed by atoms with Crippen LogP contribution in [0.5, 0.6) is 11.5 Å². The summed E-state index contributed by atoms with van der Waals surface area (Å²) in [6, 6.07) is 15.9. The zero-order valence-electron chi connectivity index (χ0n) is 13.7. The average Bonchev–Trinajstić information content (AvgIpc) is 3.36. The van der Waals surface area contributed by atoms with E-state index in [0.717, 1.165) is 29.0 Å². The SMILES string of the molecule is COc1cccc(C2(c3cccc(OC)c3)C[C@H]2/C=C/C(=O)O)c1. The van der Waals surface area contributed by atoms with Crippen LogP contribution in [-0.4, -0.2) is 25.3 Å². The molecule has 0 radical (unpaired) electrons. The van der Waals surface area contributed by atoms with Crippen molar-refractivity contribution in [2.75, 3.05) is 14.2 Å². The normalized spacial score (nSPS) is 18.3. The predicted molar refractivity (Wildman–Crippen MR) is 91.7 cm³/mol. The number of benzene rings is 2. The van der Waals surface area contributed by atoms with Crippen LogP contribution < -0.4 is 9.47 Å². The Labute approximate surface area is 141 Å². The van der Waals surface area contributed by atoms with Gasteiger partial charge in [0.1, 0.15) is 11.5 Å². The summed E-state index contributed by atoms with van der Waals surface area (Å²) >= 11 is 0. The fraction of sp³-hybridized carbons (Fsp3) is 0.250. The lowest BCUT2D eigenvalue weighted by atomic mass is 9.85. The third-order valence-corrected chi connectivity index (χ3v) is 4.66. The number of carbonyl (C=O) groups is 1. The number of aliphatic carboxylic acids is 1. The summed E-state index contributed by atoms with van der Waals surface area (Å²) in [5.74, 6) is 0.796. The van der Waals surface area contributed by atoms with E-state index < -0.39 is 5.97 Å². The van der Waals surface area contributed by atoms with Crippen molar-refractivity contribution in [1.29, 1.82) is 0 Å². The van der Waals surface area contributed by atoms with Crippen molar-refractivity contribution in [1.82, 2.24) is 0 Å². The van der Waals surface area contributed by atoms with E-state index in [0.29, 0.717) is 0 Å². The maximum absolute atomic E-state index is 10.9. The van der Waals surface area contributed by atoms with Gasteiger partial charge in [0.2, 0.25) is 0 Å². The van der Waals surface area contributed by atoms with Gasteiger partial charge in [-0.3, -0.25) is 0 Å². The molecule has 0 bridgehead atoms. The molecule has 0 amide bonds. The third kappa shape index (κ3) is 2.87. The van der Waals surface area contributed by atoms with Gasteiger partial charge in [-0.1, -0.05) is 30.3 Å². The smallest absolute Gasteiger partial charge is 0.327 e. The molecule has 2 aromatic carbocycles. The molecule has 1 saturated carbocycles. The van der Waals surface area contributed by atoms with Gasteiger partial charge in [-0.2, -0.15) is 0 Å². The Morgan fingerprint density at radius 1 is 1.08 bits per heavy atom. The Bertz CT molecular complexity index is 731. The first kappa shape index (κ1) is 16.1. The molecule has 0 saturated heterocycles. The molecular weight excluding hydrogens is 304 g/mol. The molecule has 3 rings (SSSR count). The van der Waals surface area contributed by atoms with E-state index in [1.165, 1.54) is 6.08 Å². The zero-order chi connectivity index (χ0) is 17.2. The minimum Gasteiger partial charge on any atom is -0.497 e. The van der Waals surface area contributed by atoms with Crippen LogP contribution in [0.3, 0.4) is 0 Å². The fourth-order valence-corrected chi connectivity index (χ4v) is 3.35. The summed E-state index contributed by atoms with van der Waals surface area (Å²) in [5, 5.41) is 8.94. The van der Waals surface area contributed by atoms with Crippen LogP contribution in [0.15, 0.2) is 60.7 Å². The van der Waals surface area contributed by atoms with Gasteiger partial charge in [0, 0.05) is 11.5 Å². The molecule has 4 heteroatoms. The second kappa shape index (κ2) is 6.40. The first-order chi connectivity index (χ1) is 11.6. The van der Waals surface area contributed by atoms with Crippen LogP contribution in [0.2, 0.25) is 0 Å². The summed E-state index contributed by atoms with van der Waals surface area (Å²) in [7, 11) is 3.29. The van der Waals surface area contributed by atoms with Gasteiger partial charge in [-0.05, 0) is 47.7 Å². The molecule has 2 aromatic rings. The van der Waals surface area contributed by atoms with E-state index in [-0.39, 0.29) is 11.3 Å². The Kier molecular flexibility index (Phi) is 4.30. The molecule has 4 nitrogen and oxygen atoms in total. The lowest BCUT2D eigenvalue weighted by molar-refractivity contribution is -0.131. The summed E-state index contributed by atoms with van der Waals surface area (Å²) in [4.78, 5) is 10.9. The molecule has 0 heterocycles. The van der Waals surface area contributed by atoms with Crippen LogP contribution >= 0.6 is 0 Å². The number of hydrogen-bond donors (Lipinski definition) is 1. The molecule has 124 valence electrons. The van der Waals surface area contributed by atoms with Crippen LogP contribution in [0.25, 0.3) is 0 Å². The molecule has 0 unspecified atom stereocenters. The van der Waals surface area contributed by atoms with Crippen molar-refractivity contribution < 1.29 is 19.4 Å². The van der Waals surface area contributed by atoms with Gasteiger partial charge in [-0.15, -0.1) is 0 Å². The topological polar surface area (TPSA) is 55.8 Å².